The first-order valence-corrected chi connectivity index (χ1v) is 25.1. The van der Waals surface area contributed by atoms with E-state index < -0.39 is 6.04 Å². The van der Waals surface area contributed by atoms with Crippen LogP contribution in [0.2, 0.25) is 0 Å². The predicted molar refractivity (Wildman–Crippen MR) is 262 cm³/mol. The molecule has 63 heavy (non-hydrogen) atoms. The Hall–Kier alpha value is -3.24. The quantitative estimate of drug-likeness (QED) is 0.171. The zero-order valence-corrected chi connectivity index (χ0v) is 42.2. The molecule has 4 aliphatic heterocycles. The molecule has 4 heterocycles. The SMILES string of the molecule is C=C1CC(C(C)C)C(NC(=C)C(C)(C)C2(C)CCC(CC(C)C)C(CC)C2)C(=C)N2NCCCC2C(=O)N(C)CC(=O)N2NCCCC2C(=C)N2CCC(C)C2C(=C)NC1C(C)C. The van der Waals surface area contributed by atoms with E-state index in [1.54, 1.807) is 17.0 Å². The minimum atomic E-state index is -0.521. The summed E-state index contributed by atoms with van der Waals surface area (Å²) in [4.78, 5) is 33.1. The molecule has 0 aromatic heterocycles. The fourth-order valence-corrected chi connectivity index (χ4v) is 12.2. The number of hydrogen-bond donors (Lipinski definition) is 4. The van der Waals surface area contributed by atoms with Crippen LogP contribution >= 0.6 is 0 Å². The van der Waals surface area contributed by atoms with E-state index in [9.17, 15) is 9.59 Å². The highest BCUT2D eigenvalue weighted by Gasteiger charge is 2.49. The van der Waals surface area contributed by atoms with Crippen LogP contribution in [-0.2, 0) is 9.59 Å². The van der Waals surface area contributed by atoms with Gasteiger partial charge in [-0.2, -0.15) is 0 Å². The van der Waals surface area contributed by atoms with Crippen LogP contribution in [0.4, 0.5) is 0 Å². The Morgan fingerprint density at radius 2 is 1.52 bits per heavy atom. The average molecular weight is 873 g/mol. The van der Waals surface area contributed by atoms with E-state index in [0.717, 1.165) is 79.5 Å². The summed E-state index contributed by atoms with van der Waals surface area (Å²) >= 11 is 0. The number of nitrogens with one attached hydrogen (secondary N) is 4. The van der Waals surface area contributed by atoms with Crippen LogP contribution in [0.15, 0.2) is 61.3 Å². The van der Waals surface area contributed by atoms with Crippen molar-refractivity contribution < 1.29 is 9.59 Å². The highest BCUT2D eigenvalue weighted by Crippen LogP contribution is 2.56. The van der Waals surface area contributed by atoms with Crippen molar-refractivity contribution in [1.29, 1.82) is 0 Å². The van der Waals surface area contributed by atoms with Gasteiger partial charge in [-0.15, -0.1) is 0 Å². The summed E-state index contributed by atoms with van der Waals surface area (Å²) < 4.78 is 0. The van der Waals surface area contributed by atoms with Gasteiger partial charge in [-0.1, -0.05) is 121 Å². The summed E-state index contributed by atoms with van der Waals surface area (Å²) in [6.45, 7) is 52.2. The highest BCUT2D eigenvalue weighted by atomic mass is 16.2. The molecule has 10 unspecified atom stereocenters. The molecule has 356 valence electrons. The van der Waals surface area contributed by atoms with Crippen molar-refractivity contribution in [3.8, 4) is 0 Å². The molecule has 10 heteroatoms. The van der Waals surface area contributed by atoms with E-state index in [0.29, 0.717) is 30.7 Å². The summed E-state index contributed by atoms with van der Waals surface area (Å²) in [5.41, 5.74) is 11.8. The third-order valence-corrected chi connectivity index (χ3v) is 16.8. The Balaban J connectivity index is 1.57. The van der Waals surface area contributed by atoms with Crippen LogP contribution in [0, 0.1) is 52.3 Å². The van der Waals surface area contributed by atoms with Gasteiger partial charge in [0.2, 0.25) is 5.91 Å². The minimum Gasteiger partial charge on any atom is -0.380 e. The van der Waals surface area contributed by atoms with Gasteiger partial charge in [0, 0.05) is 60.9 Å². The smallest absolute Gasteiger partial charge is 0.256 e. The summed E-state index contributed by atoms with van der Waals surface area (Å²) in [5, 5.41) is 11.9. The van der Waals surface area contributed by atoms with E-state index in [2.05, 4.69) is 109 Å². The summed E-state index contributed by atoms with van der Waals surface area (Å²) in [6.07, 6.45) is 11.1. The Labute approximate surface area is 385 Å². The highest BCUT2D eigenvalue weighted by molar-refractivity contribution is 5.87. The van der Waals surface area contributed by atoms with E-state index in [-0.39, 0.29) is 71.1 Å². The van der Waals surface area contributed by atoms with Gasteiger partial charge in [0.15, 0.2) is 0 Å². The molecule has 5 aliphatic rings. The number of carbonyl (C=O) groups excluding carboxylic acids is 2. The first-order chi connectivity index (χ1) is 29.5. The zero-order chi connectivity index (χ0) is 46.7. The summed E-state index contributed by atoms with van der Waals surface area (Å²) in [6, 6.07) is -0.995. The second-order valence-corrected chi connectivity index (χ2v) is 22.6. The lowest BCUT2D eigenvalue weighted by atomic mass is 9.53. The fraction of sp³-hybridized carbons (Fsp3) is 0.774. The van der Waals surface area contributed by atoms with Crippen LogP contribution in [-0.4, -0.2) is 95.1 Å². The molecule has 5 rings (SSSR count). The molecule has 1 aliphatic carbocycles. The maximum Gasteiger partial charge on any atom is 0.256 e. The third kappa shape index (κ3) is 10.9. The number of fused-ring (bicyclic) bond motifs is 3. The zero-order valence-electron chi connectivity index (χ0n) is 42.2. The van der Waals surface area contributed by atoms with Gasteiger partial charge < -0.3 is 20.4 Å². The topological polar surface area (TPSA) is 95.2 Å². The first kappa shape index (κ1) is 50.8. The van der Waals surface area contributed by atoms with Crippen molar-refractivity contribution in [3.05, 3.63) is 61.3 Å². The molecule has 0 aromatic carbocycles. The number of nitrogens with zero attached hydrogens (tertiary/aromatic N) is 4. The molecule has 10 atom stereocenters. The molecule has 10 nitrogen and oxygen atoms in total. The van der Waals surface area contributed by atoms with Crippen LogP contribution < -0.4 is 21.5 Å². The van der Waals surface area contributed by atoms with Crippen molar-refractivity contribution in [2.24, 2.45) is 52.3 Å². The van der Waals surface area contributed by atoms with Crippen LogP contribution in [0.3, 0.4) is 0 Å². The molecule has 2 amide bonds. The number of hydrogen-bond acceptors (Lipinski definition) is 8. The first-order valence-electron chi connectivity index (χ1n) is 25.1. The molecule has 0 radical (unpaired) electrons. The van der Waals surface area contributed by atoms with Gasteiger partial charge >= 0.3 is 0 Å². The number of likely N-dealkylation sites (N-methyl/N-ethyl adjacent to an activating group) is 1. The lowest BCUT2D eigenvalue weighted by molar-refractivity contribution is -0.147. The van der Waals surface area contributed by atoms with Gasteiger partial charge in [-0.3, -0.25) is 19.6 Å². The third-order valence-electron chi connectivity index (χ3n) is 16.8. The Morgan fingerprint density at radius 1 is 0.889 bits per heavy atom. The summed E-state index contributed by atoms with van der Waals surface area (Å²) in [7, 11) is 1.77. The molecular weight excluding hydrogens is 781 g/mol. The lowest BCUT2D eigenvalue weighted by Gasteiger charge is -2.53. The average Bonchev–Trinajstić information content (AvgIpc) is 3.63. The Bertz CT molecular complexity index is 1680. The van der Waals surface area contributed by atoms with Crippen molar-refractivity contribution in [1.82, 2.24) is 41.3 Å². The Morgan fingerprint density at radius 3 is 2.13 bits per heavy atom. The largest absolute Gasteiger partial charge is 0.380 e. The molecule has 0 aromatic rings. The molecule has 0 spiro atoms. The van der Waals surface area contributed by atoms with Crippen LogP contribution in [0.1, 0.15) is 147 Å². The number of hydrazine groups is 2. The fourth-order valence-electron chi connectivity index (χ4n) is 12.2. The molecule has 4 saturated heterocycles. The summed E-state index contributed by atoms with van der Waals surface area (Å²) in [5.74, 6) is 2.85. The van der Waals surface area contributed by atoms with Gasteiger partial charge in [-0.05, 0) is 111 Å². The van der Waals surface area contributed by atoms with Gasteiger partial charge in [0.25, 0.3) is 5.91 Å². The standard InChI is InChI=1S/C53H92N8O2/c1-18-42-31-53(16,25-23-43(42)29-33(2)3)52(14,15)41(13)57-49-40(12)60-46(22-20-26-54-60)51(63)58(17)32-47(62)61-45(21-19-27-55-61)39(11)59-28-24-36(8)50(59)38(10)56-48(35(6)7)37(9)30-44(49)34(4)5/h33-36,42-46,48-50,54-57H,9-13,18-32H2,1-8,14-17H3. The monoisotopic (exact) mass is 873 g/mol. The van der Waals surface area contributed by atoms with Gasteiger partial charge in [0.1, 0.15) is 12.6 Å². The molecule has 0 bridgehead atoms. The maximum atomic E-state index is 14.7. The number of allylic oxidation sites excluding steroid dienone is 1. The van der Waals surface area contributed by atoms with Crippen LogP contribution in [0.5, 0.6) is 0 Å². The molecule has 1 saturated carbocycles. The second kappa shape index (κ2) is 20.9. The number of carbonyl (C=O) groups is 2. The van der Waals surface area contributed by atoms with Crippen molar-refractivity contribution in [2.45, 2.75) is 177 Å². The van der Waals surface area contributed by atoms with Gasteiger partial charge in [0.05, 0.1) is 18.1 Å². The van der Waals surface area contributed by atoms with E-state index in [4.69, 9.17) is 26.3 Å². The lowest BCUT2D eigenvalue weighted by Crippen LogP contribution is -2.61. The number of rotatable bonds is 9. The van der Waals surface area contributed by atoms with Crippen molar-refractivity contribution in [2.75, 3.05) is 33.2 Å². The van der Waals surface area contributed by atoms with Gasteiger partial charge in [-0.25, -0.2) is 10.9 Å². The van der Waals surface area contributed by atoms with E-state index in [1.807, 2.05) is 5.01 Å². The molecule has 5 fully saturated rings. The normalized spacial score (nSPS) is 33.8. The van der Waals surface area contributed by atoms with Crippen molar-refractivity contribution >= 4 is 11.8 Å². The second-order valence-electron chi connectivity index (χ2n) is 22.6. The Kier molecular flexibility index (Phi) is 16.9. The number of amides is 2. The van der Waals surface area contributed by atoms with Crippen LogP contribution in [0.25, 0.3) is 0 Å². The molecule has 4 N–H and O–H groups in total. The van der Waals surface area contributed by atoms with E-state index in [1.165, 1.54) is 32.1 Å². The predicted octanol–water partition coefficient (Wildman–Crippen LogP) is 9.38. The maximum absolute atomic E-state index is 14.7. The molecular formula is C53H92N8O2. The van der Waals surface area contributed by atoms with E-state index >= 15 is 0 Å². The van der Waals surface area contributed by atoms with Crippen molar-refractivity contribution in [3.63, 3.8) is 0 Å². The minimum absolute atomic E-state index is 0.0197.